The van der Waals surface area contributed by atoms with E-state index in [0.717, 1.165) is 27.9 Å². The lowest BCUT2D eigenvalue weighted by molar-refractivity contribution is -0.121. The van der Waals surface area contributed by atoms with Crippen molar-refractivity contribution < 1.29 is 14.3 Å². The molecule has 1 fully saturated rings. The van der Waals surface area contributed by atoms with Gasteiger partial charge in [-0.3, -0.25) is 9.69 Å². The number of anilines is 1. The second-order valence-corrected chi connectivity index (χ2v) is 9.79. The zero-order valence-corrected chi connectivity index (χ0v) is 19.2. The van der Waals surface area contributed by atoms with Crippen molar-refractivity contribution in [3.63, 3.8) is 0 Å². The number of amides is 2. The van der Waals surface area contributed by atoms with Crippen LogP contribution in [0.3, 0.4) is 0 Å². The Kier molecular flexibility index (Phi) is 5.00. The van der Waals surface area contributed by atoms with Crippen LogP contribution >= 0.6 is 0 Å². The zero-order chi connectivity index (χ0) is 23.2. The molecule has 0 saturated carbocycles. The number of carbonyl (C=O) groups excluding carboxylic acids is 2. The number of para-hydroxylation sites is 1. The molecule has 168 valence electrons. The maximum absolute atomic E-state index is 13.6. The number of benzene rings is 3. The Balaban J connectivity index is 1.66. The molecule has 2 heterocycles. The molecule has 0 bridgehead atoms. The first kappa shape index (κ1) is 21.3. The molecule has 33 heavy (non-hydrogen) atoms. The molecule has 5 heteroatoms. The maximum atomic E-state index is 13.6. The van der Waals surface area contributed by atoms with E-state index < -0.39 is 23.2 Å². The third-order valence-electron chi connectivity index (χ3n) is 6.52. The van der Waals surface area contributed by atoms with Crippen LogP contribution in [0.4, 0.5) is 10.5 Å². The Bertz CT molecular complexity index is 1220. The summed E-state index contributed by atoms with van der Waals surface area (Å²) < 4.78 is 5.77. The van der Waals surface area contributed by atoms with E-state index in [2.05, 4.69) is 29.6 Å². The lowest BCUT2D eigenvalue weighted by Gasteiger charge is -2.35. The molecular formula is C28H28N2O3. The van der Waals surface area contributed by atoms with E-state index in [1.165, 1.54) is 0 Å². The minimum absolute atomic E-state index is 0.0649. The molecule has 3 aromatic rings. The van der Waals surface area contributed by atoms with Crippen LogP contribution in [0.15, 0.2) is 78.9 Å². The van der Waals surface area contributed by atoms with Gasteiger partial charge in [-0.15, -0.1) is 0 Å². The van der Waals surface area contributed by atoms with Gasteiger partial charge in [-0.25, -0.2) is 4.79 Å². The molecule has 5 nitrogen and oxygen atoms in total. The van der Waals surface area contributed by atoms with Crippen molar-refractivity contribution in [1.82, 2.24) is 4.90 Å². The molecule has 0 radical (unpaired) electrons. The maximum Gasteiger partial charge on any atom is 0.410 e. The summed E-state index contributed by atoms with van der Waals surface area (Å²) in [5.41, 5.74) is 3.33. The van der Waals surface area contributed by atoms with E-state index in [1.807, 2.05) is 75.4 Å². The van der Waals surface area contributed by atoms with Crippen molar-refractivity contribution in [2.24, 2.45) is 0 Å². The first-order chi connectivity index (χ1) is 15.8. The van der Waals surface area contributed by atoms with E-state index >= 15 is 0 Å². The average molecular weight is 441 g/mol. The van der Waals surface area contributed by atoms with Crippen molar-refractivity contribution in [2.45, 2.75) is 44.2 Å². The molecule has 2 amide bonds. The van der Waals surface area contributed by atoms with E-state index in [-0.39, 0.29) is 5.91 Å². The van der Waals surface area contributed by atoms with Crippen LogP contribution in [-0.4, -0.2) is 29.0 Å². The van der Waals surface area contributed by atoms with Crippen LogP contribution in [0.2, 0.25) is 0 Å². The van der Waals surface area contributed by atoms with Crippen LogP contribution in [0, 0.1) is 0 Å². The van der Waals surface area contributed by atoms with Gasteiger partial charge in [-0.05, 0) is 61.6 Å². The predicted octanol–water partition coefficient (Wildman–Crippen LogP) is 5.93. The SMILES string of the molecule is CC(C)(C)OC(=O)N1CC[C@@]2(C(=O)Nc3ccccc32)[C@@H]1c1cccc(-c2ccccc2)c1. The number of rotatable bonds is 2. The molecule has 1 N–H and O–H groups in total. The van der Waals surface area contributed by atoms with Crippen molar-refractivity contribution in [1.29, 1.82) is 0 Å². The Morgan fingerprint density at radius 2 is 1.67 bits per heavy atom. The van der Waals surface area contributed by atoms with Crippen molar-refractivity contribution >= 4 is 17.7 Å². The normalized spacial score (nSPS) is 21.7. The summed E-state index contributed by atoms with van der Waals surface area (Å²) in [7, 11) is 0. The number of fused-ring (bicyclic) bond motifs is 2. The van der Waals surface area contributed by atoms with Crippen LogP contribution in [0.5, 0.6) is 0 Å². The van der Waals surface area contributed by atoms with Gasteiger partial charge in [0.05, 0.1) is 6.04 Å². The van der Waals surface area contributed by atoms with E-state index in [4.69, 9.17) is 4.74 Å². The van der Waals surface area contributed by atoms with Crippen molar-refractivity contribution in [2.75, 3.05) is 11.9 Å². The van der Waals surface area contributed by atoms with Crippen LogP contribution < -0.4 is 5.32 Å². The topological polar surface area (TPSA) is 58.6 Å². The molecule has 1 spiro atoms. The van der Waals surface area contributed by atoms with Crippen molar-refractivity contribution in [3.05, 3.63) is 90.0 Å². The number of hydrogen-bond donors (Lipinski definition) is 1. The predicted molar refractivity (Wildman–Crippen MR) is 129 cm³/mol. The van der Waals surface area contributed by atoms with Gasteiger partial charge in [-0.2, -0.15) is 0 Å². The average Bonchev–Trinajstić information content (AvgIpc) is 3.33. The quantitative estimate of drug-likeness (QED) is 0.538. The van der Waals surface area contributed by atoms with Crippen LogP contribution in [0.1, 0.15) is 44.4 Å². The van der Waals surface area contributed by atoms with Gasteiger partial charge in [0.25, 0.3) is 0 Å². The molecule has 2 aliphatic rings. The minimum Gasteiger partial charge on any atom is -0.444 e. The molecule has 2 atom stereocenters. The summed E-state index contributed by atoms with van der Waals surface area (Å²) in [5.74, 6) is -0.0649. The first-order valence-corrected chi connectivity index (χ1v) is 11.4. The van der Waals surface area contributed by atoms with Gasteiger partial charge in [0.1, 0.15) is 11.0 Å². The van der Waals surface area contributed by atoms with Gasteiger partial charge in [0.2, 0.25) is 5.91 Å². The Morgan fingerprint density at radius 3 is 2.42 bits per heavy atom. The van der Waals surface area contributed by atoms with E-state index in [0.29, 0.717) is 13.0 Å². The molecule has 0 aliphatic carbocycles. The number of ether oxygens (including phenoxy) is 1. The first-order valence-electron chi connectivity index (χ1n) is 11.4. The number of likely N-dealkylation sites (tertiary alicyclic amines) is 1. The van der Waals surface area contributed by atoms with Gasteiger partial charge >= 0.3 is 6.09 Å². The van der Waals surface area contributed by atoms with Gasteiger partial charge in [0, 0.05) is 12.2 Å². The number of hydrogen-bond acceptors (Lipinski definition) is 3. The zero-order valence-electron chi connectivity index (χ0n) is 19.2. The van der Waals surface area contributed by atoms with Crippen LogP contribution in [-0.2, 0) is 14.9 Å². The monoisotopic (exact) mass is 440 g/mol. The molecule has 2 aliphatic heterocycles. The number of nitrogens with zero attached hydrogens (tertiary/aromatic N) is 1. The van der Waals surface area contributed by atoms with Gasteiger partial charge in [0.15, 0.2) is 0 Å². The molecule has 0 unspecified atom stereocenters. The highest BCUT2D eigenvalue weighted by atomic mass is 16.6. The molecular weight excluding hydrogens is 412 g/mol. The lowest BCUT2D eigenvalue weighted by Crippen LogP contribution is -2.44. The number of nitrogens with one attached hydrogen (secondary N) is 1. The molecule has 1 saturated heterocycles. The van der Waals surface area contributed by atoms with E-state index in [1.54, 1.807) is 4.90 Å². The van der Waals surface area contributed by atoms with E-state index in [9.17, 15) is 9.59 Å². The highest BCUT2D eigenvalue weighted by Gasteiger charge is 2.59. The smallest absolute Gasteiger partial charge is 0.410 e. The molecule has 3 aromatic carbocycles. The third kappa shape index (κ3) is 3.58. The fraction of sp³-hybridized carbons (Fsp3) is 0.286. The van der Waals surface area contributed by atoms with Gasteiger partial charge in [-0.1, -0.05) is 66.7 Å². The fourth-order valence-corrected chi connectivity index (χ4v) is 5.19. The summed E-state index contributed by atoms with van der Waals surface area (Å²) >= 11 is 0. The summed E-state index contributed by atoms with van der Waals surface area (Å²) in [6, 6.07) is 25.6. The second-order valence-electron chi connectivity index (χ2n) is 9.79. The van der Waals surface area contributed by atoms with Crippen molar-refractivity contribution in [3.8, 4) is 11.1 Å². The Labute approximate surface area is 194 Å². The fourth-order valence-electron chi connectivity index (χ4n) is 5.19. The highest BCUT2D eigenvalue weighted by Crippen LogP contribution is 2.55. The Hall–Kier alpha value is -3.60. The van der Waals surface area contributed by atoms with Gasteiger partial charge < -0.3 is 10.1 Å². The standard InChI is InChI=1S/C28H28N2O3/c1-27(2,3)33-26(32)30-17-16-28(22-14-7-8-15-23(22)29-25(28)31)24(30)21-13-9-12-20(18-21)19-10-5-4-6-11-19/h4-15,18,24H,16-17H2,1-3H3,(H,29,31)/t24-,28-/m0/s1. The highest BCUT2D eigenvalue weighted by molar-refractivity contribution is 6.07. The largest absolute Gasteiger partial charge is 0.444 e. The molecule has 0 aromatic heterocycles. The van der Waals surface area contributed by atoms with Crippen LogP contribution in [0.25, 0.3) is 11.1 Å². The summed E-state index contributed by atoms with van der Waals surface area (Å²) in [4.78, 5) is 28.6. The lowest BCUT2D eigenvalue weighted by atomic mass is 9.72. The summed E-state index contributed by atoms with van der Waals surface area (Å²) in [6.07, 6.45) is 0.140. The summed E-state index contributed by atoms with van der Waals surface area (Å²) in [5, 5.41) is 3.07. The number of carbonyl (C=O) groups is 2. The second kappa shape index (κ2) is 7.77. The summed E-state index contributed by atoms with van der Waals surface area (Å²) in [6.45, 7) is 6.02. The Morgan fingerprint density at radius 1 is 0.970 bits per heavy atom. The third-order valence-corrected chi connectivity index (χ3v) is 6.52. The molecule has 5 rings (SSSR count). The minimum atomic E-state index is -0.858.